The van der Waals surface area contributed by atoms with Crippen molar-refractivity contribution in [3.05, 3.63) is 64.6 Å². The standard InChI is InChI=1S/C18H13BrO3.2C2H6/c1-22-18(21)14-10-16(20)11-6-2-3-7-12(11)17(14)13-8-4-5-9-15(13)19;2*1-2/h2-10,20H,1H3;2*1-2H3. The molecule has 0 atom stereocenters. The Labute approximate surface area is 163 Å². The van der Waals surface area contributed by atoms with Gasteiger partial charge in [0.15, 0.2) is 0 Å². The van der Waals surface area contributed by atoms with Gasteiger partial charge in [0.05, 0.1) is 12.7 Å². The predicted molar refractivity (Wildman–Crippen MR) is 113 cm³/mol. The van der Waals surface area contributed by atoms with E-state index in [1.165, 1.54) is 13.2 Å². The number of benzene rings is 3. The molecule has 0 heterocycles. The maximum absolute atomic E-state index is 12.2. The van der Waals surface area contributed by atoms with Gasteiger partial charge in [-0.1, -0.05) is 86.1 Å². The average molecular weight is 417 g/mol. The number of methoxy groups -OCH3 is 1. The molecule has 3 rings (SSSR count). The van der Waals surface area contributed by atoms with Crippen LogP contribution in [0.3, 0.4) is 0 Å². The quantitative estimate of drug-likeness (QED) is 0.466. The summed E-state index contributed by atoms with van der Waals surface area (Å²) < 4.78 is 5.75. The van der Waals surface area contributed by atoms with Crippen LogP contribution < -0.4 is 0 Å². The Hall–Kier alpha value is -2.33. The fourth-order valence-corrected chi connectivity index (χ4v) is 3.06. The molecule has 0 aromatic heterocycles. The smallest absolute Gasteiger partial charge is 0.338 e. The second-order valence-corrected chi connectivity index (χ2v) is 5.69. The summed E-state index contributed by atoms with van der Waals surface area (Å²) in [6.45, 7) is 8.00. The molecule has 3 aromatic rings. The monoisotopic (exact) mass is 416 g/mol. The molecule has 26 heavy (non-hydrogen) atoms. The topological polar surface area (TPSA) is 46.5 Å². The number of phenolic OH excluding ortho intramolecular Hbond substituents is 1. The van der Waals surface area contributed by atoms with Crippen molar-refractivity contribution in [3.8, 4) is 16.9 Å². The molecule has 0 radical (unpaired) electrons. The predicted octanol–water partition coefficient (Wildman–Crippen LogP) is 6.81. The number of rotatable bonds is 2. The zero-order valence-corrected chi connectivity index (χ0v) is 17.4. The highest BCUT2D eigenvalue weighted by Crippen LogP contribution is 2.40. The summed E-state index contributed by atoms with van der Waals surface area (Å²) in [5.41, 5.74) is 1.96. The Morgan fingerprint density at radius 3 is 2.04 bits per heavy atom. The molecular weight excluding hydrogens is 392 g/mol. The van der Waals surface area contributed by atoms with Gasteiger partial charge in [-0.2, -0.15) is 0 Å². The number of carbonyl (C=O) groups is 1. The molecule has 0 saturated carbocycles. The maximum Gasteiger partial charge on any atom is 0.338 e. The van der Waals surface area contributed by atoms with E-state index in [9.17, 15) is 9.90 Å². The third-order valence-corrected chi connectivity index (χ3v) is 4.26. The van der Waals surface area contributed by atoms with Crippen LogP contribution >= 0.6 is 15.9 Å². The Kier molecular flexibility index (Phi) is 8.86. The van der Waals surface area contributed by atoms with E-state index in [-0.39, 0.29) is 5.75 Å². The molecular formula is C22H25BrO3. The minimum Gasteiger partial charge on any atom is -0.507 e. The normalized spacial score (nSPS) is 9.46. The van der Waals surface area contributed by atoms with E-state index in [0.717, 1.165) is 21.0 Å². The van der Waals surface area contributed by atoms with Gasteiger partial charge in [0.25, 0.3) is 0 Å². The van der Waals surface area contributed by atoms with Crippen LogP contribution in [0.5, 0.6) is 5.75 Å². The first-order valence-electron chi connectivity index (χ1n) is 8.71. The van der Waals surface area contributed by atoms with Crippen LogP contribution in [0.2, 0.25) is 0 Å². The fraction of sp³-hybridized carbons (Fsp3) is 0.227. The lowest BCUT2D eigenvalue weighted by atomic mass is 9.92. The Balaban J connectivity index is 0.000000791. The lowest BCUT2D eigenvalue weighted by Crippen LogP contribution is -2.04. The van der Waals surface area contributed by atoms with E-state index in [1.54, 1.807) is 0 Å². The number of ether oxygens (including phenoxy) is 1. The van der Waals surface area contributed by atoms with Crippen LogP contribution in [0.25, 0.3) is 21.9 Å². The van der Waals surface area contributed by atoms with Crippen molar-refractivity contribution in [2.45, 2.75) is 27.7 Å². The van der Waals surface area contributed by atoms with E-state index in [0.29, 0.717) is 10.9 Å². The van der Waals surface area contributed by atoms with E-state index in [4.69, 9.17) is 4.74 Å². The van der Waals surface area contributed by atoms with Crippen molar-refractivity contribution >= 4 is 32.7 Å². The third kappa shape index (κ3) is 4.44. The molecule has 0 aliphatic rings. The third-order valence-electron chi connectivity index (χ3n) is 3.57. The summed E-state index contributed by atoms with van der Waals surface area (Å²) in [6, 6.07) is 16.6. The van der Waals surface area contributed by atoms with Gasteiger partial charge in [0, 0.05) is 15.4 Å². The van der Waals surface area contributed by atoms with E-state index < -0.39 is 5.97 Å². The zero-order chi connectivity index (χ0) is 19.7. The van der Waals surface area contributed by atoms with Crippen molar-refractivity contribution in [1.29, 1.82) is 0 Å². The fourth-order valence-electron chi connectivity index (χ4n) is 2.58. The first-order valence-corrected chi connectivity index (χ1v) is 9.50. The first kappa shape index (κ1) is 21.7. The number of aromatic hydroxyl groups is 1. The lowest BCUT2D eigenvalue weighted by molar-refractivity contribution is 0.0601. The number of phenols is 1. The van der Waals surface area contributed by atoms with Crippen LogP contribution in [0.15, 0.2) is 59.1 Å². The van der Waals surface area contributed by atoms with Gasteiger partial charge < -0.3 is 9.84 Å². The Morgan fingerprint density at radius 1 is 0.923 bits per heavy atom. The average Bonchev–Trinajstić information content (AvgIpc) is 2.71. The van der Waals surface area contributed by atoms with Gasteiger partial charge in [-0.05, 0) is 23.1 Å². The Bertz CT molecular complexity index is 872. The van der Waals surface area contributed by atoms with Crippen molar-refractivity contribution in [1.82, 2.24) is 0 Å². The number of hydrogen-bond acceptors (Lipinski definition) is 3. The van der Waals surface area contributed by atoms with Crippen LogP contribution in [-0.2, 0) is 4.74 Å². The van der Waals surface area contributed by atoms with Gasteiger partial charge >= 0.3 is 5.97 Å². The number of hydrogen-bond donors (Lipinski definition) is 1. The van der Waals surface area contributed by atoms with Crippen LogP contribution in [0, 0.1) is 0 Å². The highest BCUT2D eigenvalue weighted by molar-refractivity contribution is 9.10. The minimum atomic E-state index is -0.480. The SMILES string of the molecule is CC.CC.COC(=O)c1cc(O)c2ccccc2c1-c1ccccc1Br. The number of carbonyl (C=O) groups excluding carboxylic acids is 1. The summed E-state index contributed by atoms with van der Waals surface area (Å²) in [5.74, 6) is -0.418. The van der Waals surface area contributed by atoms with Crippen LogP contribution in [0.1, 0.15) is 38.1 Å². The van der Waals surface area contributed by atoms with Gasteiger partial charge in [-0.25, -0.2) is 4.79 Å². The van der Waals surface area contributed by atoms with Crippen LogP contribution in [0.4, 0.5) is 0 Å². The number of esters is 1. The Morgan fingerprint density at radius 2 is 1.46 bits per heavy atom. The summed E-state index contributed by atoms with van der Waals surface area (Å²) >= 11 is 3.53. The molecule has 0 unspecified atom stereocenters. The summed E-state index contributed by atoms with van der Waals surface area (Å²) in [5, 5.41) is 11.7. The molecule has 138 valence electrons. The lowest BCUT2D eigenvalue weighted by Gasteiger charge is -2.14. The summed E-state index contributed by atoms with van der Waals surface area (Å²) in [7, 11) is 1.33. The van der Waals surface area contributed by atoms with Gasteiger partial charge in [-0.15, -0.1) is 0 Å². The van der Waals surface area contributed by atoms with Crippen molar-refractivity contribution in [2.75, 3.05) is 7.11 Å². The number of halogens is 1. The molecule has 0 aliphatic carbocycles. The summed E-state index contributed by atoms with van der Waals surface area (Å²) in [4.78, 5) is 12.2. The van der Waals surface area contributed by atoms with Gasteiger partial charge in [0.1, 0.15) is 5.75 Å². The molecule has 0 fully saturated rings. The molecule has 3 aromatic carbocycles. The summed E-state index contributed by atoms with van der Waals surface area (Å²) in [6.07, 6.45) is 0. The second-order valence-electron chi connectivity index (χ2n) is 4.84. The van der Waals surface area contributed by atoms with E-state index in [2.05, 4.69) is 15.9 Å². The highest BCUT2D eigenvalue weighted by atomic mass is 79.9. The first-order chi connectivity index (χ1) is 12.6. The molecule has 0 bridgehead atoms. The largest absolute Gasteiger partial charge is 0.507 e. The van der Waals surface area contributed by atoms with Crippen LogP contribution in [-0.4, -0.2) is 18.2 Å². The minimum absolute atomic E-state index is 0.0619. The molecule has 1 N–H and O–H groups in total. The molecule has 3 nitrogen and oxygen atoms in total. The van der Waals surface area contributed by atoms with Crippen molar-refractivity contribution in [2.24, 2.45) is 0 Å². The maximum atomic E-state index is 12.2. The molecule has 0 spiro atoms. The zero-order valence-electron chi connectivity index (χ0n) is 15.8. The highest BCUT2D eigenvalue weighted by Gasteiger charge is 2.20. The molecule has 0 aliphatic heterocycles. The second kappa shape index (κ2) is 10.6. The van der Waals surface area contributed by atoms with Crippen molar-refractivity contribution in [3.63, 3.8) is 0 Å². The van der Waals surface area contributed by atoms with E-state index in [1.807, 2.05) is 76.2 Å². The number of fused-ring (bicyclic) bond motifs is 1. The molecule has 0 saturated heterocycles. The molecule has 4 heteroatoms. The van der Waals surface area contributed by atoms with E-state index >= 15 is 0 Å². The van der Waals surface area contributed by atoms with Crippen molar-refractivity contribution < 1.29 is 14.6 Å². The van der Waals surface area contributed by atoms with Gasteiger partial charge in [-0.3, -0.25) is 0 Å². The molecule has 0 amide bonds. The van der Waals surface area contributed by atoms with Gasteiger partial charge in [0.2, 0.25) is 0 Å².